The van der Waals surface area contributed by atoms with E-state index in [1.807, 2.05) is 30.3 Å². The van der Waals surface area contributed by atoms with Crippen molar-refractivity contribution in [1.82, 2.24) is 4.98 Å². The zero-order chi connectivity index (χ0) is 10.7. The smallest absolute Gasteiger partial charge is 0.0982 e. The quantitative estimate of drug-likeness (QED) is 0.739. The first-order valence-corrected chi connectivity index (χ1v) is 5.42. The Morgan fingerprint density at radius 3 is 2.87 bits per heavy atom. The lowest BCUT2D eigenvalue weighted by molar-refractivity contribution is 0.648. The van der Waals surface area contributed by atoms with Crippen molar-refractivity contribution in [3.05, 3.63) is 47.2 Å². The van der Waals surface area contributed by atoms with Gasteiger partial charge < -0.3 is 0 Å². The zero-order valence-electron chi connectivity index (χ0n) is 8.27. The van der Waals surface area contributed by atoms with Gasteiger partial charge in [0.05, 0.1) is 16.4 Å². The predicted octanol–water partition coefficient (Wildman–Crippen LogP) is 4.14. The van der Waals surface area contributed by atoms with E-state index >= 15 is 0 Å². The number of hydrogen-bond acceptors (Lipinski definition) is 2. The number of allylic oxidation sites excluding steroid dienone is 1. The fourth-order valence-electron chi connectivity index (χ4n) is 1.27. The monoisotopic (exact) mass is 219 g/mol. The second-order valence-corrected chi connectivity index (χ2v) is 4.26. The normalized spacial score (nSPS) is 11.7. The van der Waals surface area contributed by atoms with Gasteiger partial charge in [0.2, 0.25) is 0 Å². The number of thiophene rings is 1. The van der Waals surface area contributed by atoms with Crippen molar-refractivity contribution >= 4 is 17.4 Å². The van der Waals surface area contributed by atoms with E-state index in [0.29, 0.717) is 0 Å². The van der Waals surface area contributed by atoms with Crippen molar-refractivity contribution in [3.8, 4) is 10.6 Å². The van der Waals surface area contributed by atoms with E-state index in [2.05, 4.69) is 4.98 Å². The van der Waals surface area contributed by atoms with Crippen molar-refractivity contribution in [2.24, 2.45) is 0 Å². The average molecular weight is 219 g/mol. The molecule has 0 unspecified atom stereocenters. The van der Waals surface area contributed by atoms with E-state index in [1.54, 1.807) is 6.20 Å². The highest BCUT2D eigenvalue weighted by Crippen LogP contribution is 2.27. The SMILES string of the molecule is C/C(F)=C/c1ccc(-c2ccccn2)s1. The minimum Gasteiger partial charge on any atom is -0.255 e. The molecule has 2 aromatic rings. The van der Waals surface area contributed by atoms with Crippen molar-refractivity contribution in [3.63, 3.8) is 0 Å². The Morgan fingerprint density at radius 1 is 1.33 bits per heavy atom. The Bertz CT molecular complexity index is 469. The lowest BCUT2D eigenvalue weighted by Gasteiger charge is -1.93. The maximum atomic E-state index is 12.7. The summed E-state index contributed by atoms with van der Waals surface area (Å²) < 4.78 is 12.7. The van der Waals surface area contributed by atoms with Gasteiger partial charge in [0.15, 0.2) is 0 Å². The summed E-state index contributed by atoms with van der Waals surface area (Å²) in [5.74, 6) is -0.176. The largest absolute Gasteiger partial charge is 0.255 e. The van der Waals surface area contributed by atoms with E-state index < -0.39 is 0 Å². The van der Waals surface area contributed by atoms with Crippen molar-refractivity contribution in [1.29, 1.82) is 0 Å². The van der Waals surface area contributed by atoms with Crippen LogP contribution in [0, 0.1) is 0 Å². The topological polar surface area (TPSA) is 12.9 Å². The third-order valence-electron chi connectivity index (χ3n) is 1.89. The lowest BCUT2D eigenvalue weighted by atomic mass is 10.3. The third-order valence-corrected chi connectivity index (χ3v) is 2.94. The zero-order valence-corrected chi connectivity index (χ0v) is 9.09. The number of nitrogens with zero attached hydrogens (tertiary/aromatic N) is 1. The molecule has 0 spiro atoms. The van der Waals surface area contributed by atoms with E-state index in [9.17, 15) is 4.39 Å². The molecule has 2 rings (SSSR count). The van der Waals surface area contributed by atoms with Gasteiger partial charge in [-0.15, -0.1) is 11.3 Å². The van der Waals surface area contributed by atoms with Gasteiger partial charge in [-0.05, 0) is 37.3 Å². The van der Waals surface area contributed by atoms with Gasteiger partial charge in [0, 0.05) is 11.1 Å². The standard InChI is InChI=1S/C12H10FNS/c1-9(13)8-10-5-6-12(15-10)11-4-2-3-7-14-11/h2-8H,1H3/b9-8-. The van der Waals surface area contributed by atoms with Crippen LogP contribution < -0.4 is 0 Å². The number of hydrogen-bond donors (Lipinski definition) is 0. The van der Waals surface area contributed by atoms with Crippen LogP contribution in [-0.2, 0) is 0 Å². The summed E-state index contributed by atoms with van der Waals surface area (Å²) >= 11 is 1.54. The molecule has 0 radical (unpaired) electrons. The Kier molecular flexibility index (Phi) is 2.92. The summed E-state index contributed by atoms with van der Waals surface area (Å²) in [5.41, 5.74) is 0.929. The summed E-state index contributed by atoms with van der Waals surface area (Å²) in [4.78, 5) is 6.21. The highest BCUT2D eigenvalue weighted by atomic mass is 32.1. The van der Waals surface area contributed by atoms with Gasteiger partial charge in [-0.1, -0.05) is 6.07 Å². The molecule has 15 heavy (non-hydrogen) atoms. The molecule has 2 aromatic heterocycles. The van der Waals surface area contributed by atoms with Crippen LogP contribution in [0.5, 0.6) is 0 Å². The highest BCUT2D eigenvalue weighted by molar-refractivity contribution is 7.16. The molecule has 0 saturated heterocycles. The lowest BCUT2D eigenvalue weighted by Crippen LogP contribution is -1.75. The van der Waals surface area contributed by atoms with Gasteiger partial charge in [0.1, 0.15) is 0 Å². The van der Waals surface area contributed by atoms with Crippen LogP contribution in [0.15, 0.2) is 42.4 Å². The van der Waals surface area contributed by atoms with Crippen LogP contribution in [0.4, 0.5) is 4.39 Å². The van der Waals surface area contributed by atoms with Crippen molar-refractivity contribution in [2.45, 2.75) is 6.92 Å². The van der Waals surface area contributed by atoms with Crippen molar-refractivity contribution < 1.29 is 4.39 Å². The Balaban J connectivity index is 2.32. The summed E-state index contributed by atoms with van der Waals surface area (Å²) in [6, 6.07) is 9.63. The Morgan fingerprint density at radius 2 is 2.20 bits per heavy atom. The van der Waals surface area contributed by atoms with Crippen LogP contribution in [0.2, 0.25) is 0 Å². The molecule has 0 aromatic carbocycles. The molecule has 1 nitrogen and oxygen atoms in total. The number of pyridine rings is 1. The third kappa shape index (κ3) is 2.50. The van der Waals surface area contributed by atoms with Gasteiger partial charge in [-0.3, -0.25) is 4.98 Å². The van der Waals surface area contributed by atoms with Crippen molar-refractivity contribution in [2.75, 3.05) is 0 Å². The van der Waals surface area contributed by atoms with Crippen LogP contribution in [0.1, 0.15) is 11.8 Å². The van der Waals surface area contributed by atoms with Crippen LogP contribution in [0.3, 0.4) is 0 Å². The van der Waals surface area contributed by atoms with Crippen LogP contribution in [0.25, 0.3) is 16.6 Å². The number of rotatable bonds is 2. The second kappa shape index (κ2) is 4.36. The number of aromatic nitrogens is 1. The summed E-state index contributed by atoms with van der Waals surface area (Å²) in [6.45, 7) is 1.44. The molecule has 0 fully saturated rings. The van der Waals surface area contributed by atoms with Crippen LogP contribution >= 0.6 is 11.3 Å². The molecule has 0 aliphatic heterocycles. The molecular weight excluding hydrogens is 209 g/mol. The minimum atomic E-state index is -0.176. The maximum absolute atomic E-state index is 12.7. The highest BCUT2D eigenvalue weighted by Gasteiger charge is 2.01. The predicted molar refractivity (Wildman–Crippen MR) is 62.3 cm³/mol. The second-order valence-electron chi connectivity index (χ2n) is 3.15. The van der Waals surface area contributed by atoms with E-state index in [4.69, 9.17) is 0 Å². The molecule has 0 amide bonds. The van der Waals surface area contributed by atoms with Gasteiger partial charge >= 0.3 is 0 Å². The summed E-state index contributed by atoms with van der Waals surface area (Å²) in [5, 5.41) is 0. The maximum Gasteiger partial charge on any atom is 0.0982 e. The molecule has 0 aliphatic rings. The van der Waals surface area contributed by atoms with Gasteiger partial charge in [-0.2, -0.15) is 0 Å². The summed E-state index contributed by atoms with van der Waals surface area (Å²) in [6.07, 6.45) is 3.28. The molecule has 0 aliphatic carbocycles. The minimum absolute atomic E-state index is 0.176. The Hall–Kier alpha value is -1.48. The Labute approximate surface area is 91.9 Å². The molecule has 3 heteroatoms. The van der Waals surface area contributed by atoms with E-state index in [1.165, 1.54) is 24.3 Å². The molecule has 0 atom stereocenters. The van der Waals surface area contributed by atoms with Gasteiger partial charge in [-0.25, -0.2) is 4.39 Å². The molecule has 0 saturated carbocycles. The first kappa shape index (κ1) is 10.1. The first-order chi connectivity index (χ1) is 7.25. The van der Waals surface area contributed by atoms with Crippen LogP contribution in [-0.4, -0.2) is 4.98 Å². The molecule has 76 valence electrons. The van der Waals surface area contributed by atoms with E-state index in [-0.39, 0.29) is 5.83 Å². The fourth-order valence-corrected chi connectivity index (χ4v) is 2.25. The van der Waals surface area contributed by atoms with Gasteiger partial charge in [0.25, 0.3) is 0 Å². The number of halogens is 1. The average Bonchev–Trinajstić information content (AvgIpc) is 2.67. The summed E-state index contributed by atoms with van der Waals surface area (Å²) in [7, 11) is 0. The molecule has 0 N–H and O–H groups in total. The molecule has 2 heterocycles. The van der Waals surface area contributed by atoms with E-state index in [0.717, 1.165) is 15.4 Å². The molecule has 0 bridgehead atoms. The fraction of sp³-hybridized carbons (Fsp3) is 0.0833. The molecular formula is C12H10FNS. The first-order valence-electron chi connectivity index (χ1n) is 4.61.